The van der Waals surface area contributed by atoms with Crippen LogP contribution >= 0.6 is 0 Å². The highest BCUT2D eigenvalue weighted by atomic mass is 19.1. The maximum Gasteiger partial charge on any atom is 0.320 e. The van der Waals surface area contributed by atoms with Gasteiger partial charge in [-0.2, -0.15) is 0 Å². The normalized spacial score (nSPS) is 19.0. The van der Waals surface area contributed by atoms with Gasteiger partial charge in [0.15, 0.2) is 0 Å². The van der Waals surface area contributed by atoms with Crippen LogP contribution in [0.1, 0.15) is 42.4 Å². The van der Waals surface area contributed by atoms with E-state index in [1.54, 1.807) is 6.07 Å². The van der Waals surface area contributed by atoms with E-state index in [2.05, 4.69) is 41.3 Å². The number of fused-ring (bicyclic) bond motifs is 2. The van der Waals surface area contributed by atoms with Crippen LogP contribution in [-0.4, -0.2) is 35.5 Å². The van der Waals surface area contributed by atoms with Crippen molar-refractivity contribution >= 4 is 16.8 Å². The fourth-order valence-electron chi connectivity index (χ4n) is 5.30. The van der Waals surface area contributed by atoms with Crippen molar-refractivity contribution in [2.75, 3.05) is 19.6 Å². The molecule has 0 radical (unpaired) electrons. The number of hydrogen-bond acceptors (Lipinski definition) is 1. The van der Waals surface area contributed by atoms with Gasteiger partial charge in [0.2, 0.25) is 0 Å². The van der Waals surface area contributed by atoms with Gasteiger partial charge in [-0.15, -0.1) is 0 Å². The quantitative estimate of drug-likeness (QED) is 0.486. The number of rotatable bonds is 3. The third kappa shape index (κ3) is 4.64. The lowest BCUT2D eigenvalue weighted by atomic mass is 9.92. The van der Waals surface area contributed by atoms with E-state index in [4.69, 9.17) is 0 Å². The second-order valence-corrected chi connectivity index (χ2v) is 9.37. The third-order valence-electron chi connectivity index (χ3n) is 7.23. The van der Waals surface area contributed by atoms with Crippen LogP contribution < -0.4 is 0 Å². The molecule has 0 aromatic heterocycles. The van der Waals surface area contributed by atoms with E-state index in [1.807, 2.05) is 17.0 Å². The van der Waals surface area contributed by atoms with Crippen LogP contribution in [0.2, 0.25) is 0 Å². The smallest absolute Gasteiger partial charge is 0.320 e. The van der Waals surface area contributed by atoms with Crippen LogP contribution in [0.5, 0.6) is 0 Å². The monoisotopic (exact) mass is 430 g/mol. The molecule has 3 nitrogen and oxygen atoms in total. The van der Waals surface area contributed by atoms with Gasteiger partial charge in [-0.25, -0.2) is 9.18 Å². The molecule has 1 fully saturated rings. The zero-order valence-corrected chi connectivity index (χ0v) is 18.6. The summed E-state index contributed by atoms with van der Waals surface area (Å²) in [5.74, 6) is 0.468. The van der Waals surface area contributed by atoms with Gasteiger partial charge in [-0.3, -0.25) is 0 Å². The molecular formula is C28H31FN2O. The molecule has 0 spiro atoms. The van der Waals surface area contributed by atoms with E-state index in [1.165, 1.54) is 29.2 Å². The van der Waals surface area contributed by atoms with Crippen molar-refractivity contribution in [2.24, 2.45) is 5.92 Å². The van der Waals surface area contributed by atoms with E-state index in [0.717, 1.165) is 69.1 Å². The summed E-state index contributed by atoms with van der Waals surface area (Å²) >= 11 is 0. The minimum absolute atomic E-state index is 0.184. The fourth-order valence-corrected chi connectivity index (χ4v) is 5.30. The number of halogens is 1. The predicted molar refractivity (Wildman–Crippen MR) is 127 cm³/mol. The Balaban J connectivity index is 1.15. The highest BCUT2D eigenvalue weighted by molar-refractivity contribution is 5.83. The molecule has 4 heteroatoms. The number of urea groups is 1. The Morgan fingerprint density at radius 3 is 2.59 bits per heavy atom. The number of benzene rings is 3. The lowest BCUT2D eigenvalue weighted by Crippen LogP contribution is -2.45. The summed E-state index contributed by atoms with van der Waals surface area (Å²) in [5, 5.41) is 2.06. The molecule has 0 aliphatic carbocycles. The van der Waals surface area contributed by atoms with Crippen molar-refractivity contribution in [3.63, 3.8) is 0 Å². The number of carbonyl (C=O) groups excluding carboxylic acids is 1. The fraction of sp³-hybridized carbons (Fsp3) is 0.393. The molecule has 5 rings (SSSR count). The number of carbonyl (C=O) groups is 1. The summed E-state index contributed by atoms with van der Waals surface area (Å²) in [4.78, 5) is 17.3. The molecule has 3 aromatic rings. The van der Waals surface area contributed by atoms with E-state index in [0.29, 0.717) is 5.92 Å². The Kier molecular flexibility index (Phi) is 6.11. The number of hydrogen-bond donors (Lipinski definition) is 0. The van der Waals surface area contributed by atoms with Crippen LogP contribution in [0.3, 0.4) is 0 Å². The van der Waals surface area contributed by atoms with Gasteiger partial charge in [0, 0.05) is 26.2 Å². The average Bonchev–Trinajstić information content (AvgIpc) is 3.07. The molecule has 1 atom stereocenters. The van der Waals surface area contributed by atoms with Crippen LogP contribution in [0.15, 0.2) is 60.7 Å². The van der Waals surface area contributed by atoms with E-state index >= 15 is 0 Å². The second-order valence-electron chi connectivity index (χ2n) is 9.37. The minimum Gasteiger partial charge on any atom is -0.325 e. The topological polar surface area (TPSA) is 23.6 Å². The van der Waals surface area contributed by atoms with Crippen LogP contribution in [0.4, 0.5) is 9.18 Å². The summed E-state index contributed by atoms with van der Waals surface area (Å²) in [5.41, 5.74) is 3.98. The van der Waals surface area contributed by atoms with Crippen LogP contribution in [0, 0.1) is 11.7 Å². The van der Waals surface area contributed by atoms with Crippen molar-refractivity contribution in [3.8, 4) is 0 Å². The first-order valence-corrected chi connectivity index (χ1v) is 11.9. The summed E-state index contributed by atoms with van der Waals surface area (Å²) < 4.78 is 13.4. The molecule has 0 saturated carbocycles. The first-order valence-electron chi connectivity index (χ1n) is 11.9. The lowest BCUT2D eigenvalue weighted by molar-refractivity contribution is 0.148. The first kappa shape index (κ1) is 21.0. The molecule has 2 aliphatic heterocycles. The Hall–Kier alpha value is -2.88. The Morgan fingerprint density at radius 1 is 0.875 bits per heavy atom. The first-order chi connectivity index (χ1) is 15.7. The molecule has 2 amide bonds. The van der Waals surface area contributed by atoms with Crippen molar-refractivity contribution in [2.45, 2.75) is 45.1 Å². The SMILES string of the molecule is O=C(N1CCCC(CCc2ccc3cc(F)ccc3c2)CC1)N1CCc2ccccc2C1. The molecule has 2 heterocycles. The Labute approximate surface area is 189 Å². The predicted octanol–water partition coefficient (Wildman–Crippen LogP) is 6.19. The number of likely N-dealkylation sites (tertiary alicyclic amines) is 1. The average molecular weight is 431 g/mol. The summed E-state index contributed by atoms with van der Waals surface area (Å²) in [7, 11) is 0. The molecule has 1 unspecified atom stereocenters. The number of amides is 2. The van der Waals surface area contributed by atoms with Crippen LogP contribution in [-0.2, 0) is 19.4 Å². The number of nitrogens with zero attached hydrogens (tertiary/aromatic N) is 2. The van der Waals surface area contributed by atoms with Gasteiger partial charge in [-0.05, 0) is 84.0 Å². The summed E-state index contributed by atoms with van der Waals surface area (Å²) in [6.45, 7) is 3.29. The van der Waals surface area contributed by atoms with Crippen molar-refractivity contribution in [1.29, 1.82) is 0 Å². The molecule has 1 saturated heterocycles. The second kappa shape index (κ2) is 9.32. The van der Waals surface area contributed by atoms with E-state index < -0.39 is 0 Å². The molecular weight excluding hydrogens is 399 g/mol. The lowest BCUT2D eigenvalue weighted by Gasteiger charge is -2.33. The van der Waals surface area contributed by atoms with Crippen molar-refractivity contribution in [3.05, 3.63) is 83.2 Å². The van der Waals surface area contributed by atoms with Gasteiger partial charge in [-0.1, -0.05) is 48.5 Å². The van der Waals surface area contributed by atoms with Crippen molar-refractivity contribution in [1.82, 2.24) is 9.80 Å². The van der Waals surface area contributed by atoms with Gasteiger partial charge >= 0.3 is 6.03 Å². The van der Waals surface area contributed by atoms with Gasteiger partial charge < -0.3 is 9.80 Å². The minimum atomic E-state index is -0.184. The standard InChI is InChI=1S/C28H31FN2O/c29-27-12-11-24-18-22(9-10-25(24)19-27)8-7-21-4-3-15-30(16-13-21)28(32)31-17-14-23-5-1-2-6-26(23)20-31/h1-2,5-6,9-12,18-19,21H,3-4,7-8,13-17,20H2. The maximum absolute atomic E-state index is 13.4. The molecule has 3 aromatic carbocycles. The highest BCUT2D eigenvalue weighted by Gasteiger charge is 2.27. The van der Waals surface area contributed by atoms with Crippen molar-refractivity contribution < 1.29 is 9.18 Å². The molecule has 32 heavy (non-hydrogen) atoms. The van der Waals surface area contributed by atoms with Gasteiger partial charge in [0.1, 0.15) is 5.82 Å². The van der Waals surface area contributed by atoms with E-state index in [-0.39, 0.29) is 11.8 Å². The summed E-state index contributed by atoms with van der Waals surface area (Å²) in [6, 6.07) is 20.0. The molecule has 0 bridgehead atoms. The Morgan fingerprint density at radius 2 is 1.69 bits per heavy atom. The maximum atomic E-state index is 13.4. The van der Waals surface area contributed by atoms with E-state index in [9.17, 15) is 9.18 Å². The number of aryl methyl sites for hydroxylation is 1. The third-order valence-corrected chi connectivity index (χ3v) is 7.23. The van der Waals surface area contributed by atoms with Gasteiger partial charge in [0.05, 0.1) is 0 Å². The largest absolute Gasteiger partial charge is 0.325 e. The van der Waals surface area contributed by atoms with Gasteiger partial charge in [0.25, 0.3) is 0 Å². The van der Waals surface area contributed by atoms with Crippen LogP contribution in [0.25, 0.3) is 10.8 Å². The Bertz CT molecular complexity index is 1110. The highest BCUT2D eigenvalue weighted by Crippen LogP contribution is 2.26. The molecule has 166 valence electrons. The zero-order valence-electron chi connectivity index (χ0n) is 18.6. The summed E-state index contributed by atoms with van der Waals surface area (Å²) in [6.07, 6.45) is 6.48. The molecule has 0 N–H and O–H groups in total. The zero-order chi connectivity index (χ0) is 21.9. The molecule has 2 aliphatic rings.